The average molecular weight is 369 g/mol. The summed E-state index contributed by atoms with van der Waals surface area (Å²) >= 11 is 0. The van der Waals surface area contributed by atoms with Crippen LogP contribution in [0.25, 0.3) is 0 Å². The van der Waals surface area contributed by atoms with Gasteiger partial charge in [0.05, 0.1) is 6.61 Å². The fraction of sp³-hybridized carbons (Fsp3) is 0.650. The number of rotatable bonds is 6. The lowest BCUT2D eigenvalue weighted by atomic mass is 9.87. The molecule has 4 nitrogen and oxygen atoms in total. The number of carbonyl (C=O) groups excluding carboxylic acids is 1. The summed E-state index contributed by atoms with van der Waals surface area (Å²) in [5.74, 6) is 1.09. The third kappa shape index (κ3) is 6.19. The zero-order valence-corrected chi connectivity index (χ0v) is 16.8. The summed E-state index contributed by atoms with van der Waals surface area (Å²) in [6, 6.07) is 8.24. The largest absolute Gasteiger partial charge is 0.494 e. The van der Waals surface area contributed by atoms with Gasteiger partial charge in [0.25, 0.3) is 0 Å². The van der Waals surface area contributed by atoms with Gasteiger partial charge in [0.2, 0.25) is 5.91 Å². The Bertz CT molecular complexity index is 554. The van der Waals surface area contributed by atoms with Crippen molar-refractivity contribution in [2.24, 2.45) is 11.1 Å². The molecule has 1 atom stereocenters. The summed E-state index contributed by atoms with van der Waals surface area (Å²) in [7, 11) is 0. The van der Waals surface area contributed by atoms with Crippen LogP contribution in [0.5, 0.6) is 5.75 Å². The number of ether oxygens (including phenoxy) is 1. The molecule has 1 aliphatic rings. The van der Waals surface area contributed by atoms with E-state index in [9.17, 15) is 4.79 Å². The highest BCUT2D eigenvalue weighted by molar-refractivity contribution is 5.85. The van der Waals surface area contributed by atoms with Crippen LogP contribution in [0, 0.1) is 5.41 Å². The summed E-state index contributed by atoms with van der Waals surface area (Å²) < 4.78 is 5.76. The van der Waals surface area contributed by atoms with Crippen molar-refractivity contribution in [1.82, 2.24) is 4.90 Å². The lowest BCUT2D eigenvalue weighted by Crippen LogP contribution is -2.34. The molecule has 0 bridgehead atoms. The summed E-state index contributed by atoms with van der Waals surface area (Å²) in [5.41, 5.74) is 7.34. The number of hydrogen-bond donors (Lipinski definition) is 1. The molecule has 25 heavy (non-hydrogen) atoms. The zero-order chi connectivity index (χ0) is 17.8. The Morgan fingerprint density at radius 1 is 1.28 bits per heavy atom. The molecule has 1 saturated heterocycles. The molecule has 1 unspecified atom stereocenters. The van der Waals surface area contributed by atoms with Gasteiger partial charge in [0, 0.05) is 19.5 Å². The first-order valence-corrected chi connectivity index (χ1v) is 8.95. The number of benzene rings is 1. The van der Waals surface area contributed by atoms with Gasteiger partial charge in [-0.1, -0.05) is 39.8 Å². The minimum atomic E-state index is 0. The van der Waals surface area contributed by atoms with Crippen LogP contribution < -0.4 is 10.5 Å². The number of halogens is 1. The van der Waals surface area contributed by atoms with Crippen molar-refractivity contribution in [2.75, 3.05) is 26.2 Å². The standard InChI is InChI=1S/C20H32N2O2.ClH/c1-19(2,3)16-7-9-17(10-8-16)24-13-5-6-18(23)22-12-11-20(4,14-21)15-22;/h7-10H,5-6,11-15,21H2,1-4H3;1H. The van der Waals surface area contributed by atoms with Crippen LogP contribution in [-0.2, 0) is 10.2 Å². The Labute approximate surface area is 158 Å². The van der Waals surface area contributed by atoms with Crippen LogP contribution in [0.2, 0.25) is 0 Å². The first-order chi connectivity index (χ1) is 11.2. The molecule has 5 heteroatoms. The van der Waals surface area contributed by atoms with Gasteiger partial charge in [-0.05, 0) is 47.9 Å². The van der Waals surface area contributed by atoms with Gasteiger partial charge >= 0.3 is 0 Å². The van der Waals surface area contributed by atoms with Crippen molar-refractivity contribution in [3.63, 3.8) is 0 Å². The summed E-state index contributed by atoms with van der Waals surface area (Å²) in [4.78, 5) is 14.2. The normalized spacial score (nSPS) is 20.3. The molecule has 0 spiro atoms. The van der Waals surface area contributed by atoms with E-state index in [1.165, 1.54) is 5.56 Å². The number of likely N-dealkylation sites (tertiary alicyclic amines) is 1. The van der Waals surface area contributed by atoms with E-state index in [1.54, 1.807) is 0 Å². The number of nitrogens with two attached hydrogens (primary N) is 1. The van der Waals surface area contributed by atoms with Gasteiger partial charge in [0.1, 0.15) is 5.75 Å². The molecule has 1 fully saturated rings. The van der Waals surface area contributed by atoms with Crippen molar-refractivity contribution >= 4 is 18.3 Å². The van der Waals surface area contributed by atoms with E-state index in [0.29, 0.717) is 19.6 Å². The van der Waals surface area contributed by atoms with Crippen molar-refractivity contribution in [3.8, 4) is 5.75 Å². The van der Waals surface area contributed by atoms with Crippen LogP contribution in [0.4, 0.5) is 0 Å². The average Bonchev–Trinajstić information content (AvgIpc) is 2.94. The second-order valence-electron chi connectivity index (χ2n) is 8.31. The molecule has 1 aromatic rings. The van der Waals surface area contributed by atoms with Crippen molar-refractivity contribution in [1.29, 1.82) is 0 Å². The number of carbonyl (C=O) groups is 1. The van der Waals surface area contributed by atoms with Crippen LogP contribution in [0.1, 0.15) is 52.5 Å². The monoisotopic (exact) mass is 368 g/mol. The molecule has 0 saturated carbocycles. The van der Waals surface area contributed by atoms with Crippen LogP contribution in [0.15, 0.2) is 24.3 Å². The molecule has 0 aliphatic carbocycles. The third-order valence-electron chi connectivity index (χ3n) is 4.93. The van der Waals surface area contributed by atoms with E-state index >= 15 is 0 Å². The predicted molar refractivity (Wildman–Crippen MR) is 105 cm³/mol. The second kappa shape index (κ2) is 8.91. The molecule has 0 radical (unpaired) electrons. The highest BCUT2D eigenvalue weighted by Crippen LogP contribution is 2.29. The molecule has 2 rings (SSSR count). The van der Waals surface area contributed by atoms with Gasteiger partial charge < -0.3 is 15.4 Å². The Morgan fingerprint density at radius 3 is 2.44 bits per heavy atom. The maximum Gasteiger partial charge on any atom is 0.222 e. The maximum absolute atomic E-state index is 12.2. The predicted octanol–water partition coefficient (Wildman–Crippen LogP) is 3.76. The summed E-state index contributed by atoms with van der Waals surface area (Å²) in [6.07, 6.45) is 2.29. The molecule has 1 amide bonds. The highest BCUT2D eigenvalue weighted by atomic mass is 35.5. The second-order valence-corrected chi connectivity index (χ2v) is 8.31. The molecule has 0 aromatic heterocycles. The van der Waals surface area contributed by atoms with E-state index < -0.39 is 0 Å². The first kappa shape index (κ1) is 21.8. The SMILES string of the molecule is CC1(CN)CCN(C(=O)CCCOc2ccc(C(C)(C)C)cc2)C1.Cl. The molecule has 1 aromatic carbocycles. The van der Waals surface area contributed by atoms with Gasteiger partial charge in [-0.3, -0.25) is 4.79 Å². The Hall–Kier alpha value is -1.26. The van der Waals surface area contributed by atoms with Crippen LogP contribution in [-0.4, -0.2) is 37.0 Å². The smallest absolute Gasteiger partial charge is 0.222 e. The van der Waals surface area contributed by atoms with Gasteiger partial charge in [0.15, 0.2) is 0 Å². The van der Waals surface area contributed by atoms with E-state index in [-0.39, 0.29) is 29.1 Å². The minimum absolute atomic E-state index is 0. The number of nitrogens with zero attached hydrogens (tertiary/aromatic N) is 1. The molecule has 142 valence electrons. The summed E-state index contributed by atoms with van der Waals surface area (Å²) in [5, 5.41) is 0. The van der Waals surface area contributed by atoms with Gasteiger partial charge in [-0.25, -0.2) is 0 Å². The Balaban J connectivity index is 0.00000312. The number of amides is 1. The van der Waals surface area contributed by atoms with E-state index in [4.69, 9.17) is 10.5 Å². The lowest BCUT2D eigenvalue weighted by Gasteiger charge is -2.22. The highest BCUT2D eigenvalue weighted by Gasteiger charge is 2.34. The minimum Gasteiger partial charge on any atom is -0.494 e. The summed E-state index contributed by atoms with van der Waals surface area (Å²) in [6.45, 7) is 11.6. The fourth-order valence-corrected chi connectivity index (χ4v) is 3.03. The third-order valence-corrected chi connectivity index (χ3v) is 4.93. The van der Waals surface area contributed by atoms with E-state index in [1.807, 2.05) is 17.0 Å². The Morgan fingerprint density at radius 2 is 1.92 bits per heavy atom. The molecular weight excluding hydrogens is 336 g/mol. The topological polar surface area (TPSA) is 55.6 Å². The van der Waals surface area contributed by atoms with Crippen molar-refractivity contribution in [2.45, 2.75) is 52.4 Å². The molecule has 1 heterocycles. The van der Waals surface area contributed by atoms with Gasteiger partial charge in [-0.15, -0.1) is 12.4 Å². The zero-order valence-electron chi connectivity index (χ0n) is 16.0. The van der Waals surface area contributed by atoms with Crippen LogP contribution >= 0.6 is 12.4 Å². The van der Waals surface area contributed by atoms with Crippen molar-refractivity contribution in [3.05, 3.63) is 29.8 Å². The van der Waals surface area contributed by atoms with Crippen molar-refractivity contribution < 1.29 is 9.53 Å². The quantitative estimate of drug-likeness (QED) is 0.778. The molecule has 1 aliphatic heterocycles. The number of hydrogen-bond acceptors (Lipinski definition) is 3. The molecular formula is C20H33ClN2O2. The van der Waals surface area contributed by atoms with Crippen LogP contribution in [0.3, 0.4) is 0 Å². The van der Waals surface area contributed by atoms with E-state index in [2.05, 4.69) is 39.8 Å². The van der Waals surface area contributed by atoms with E-state index in [0.717, 1.165) is 31.7 Å². The fourth-order valence-electron chi connectivity index (χ4n) is 3.03. The van der Waals surface area contributed by atoms with Gasteiger partial charge in [-0.2, -0.15) is 0 Å². The molecule has 2 N–H and O–H groups in total. The maximum atomic E-state index is 12.2. The Kier molecular flexibility index (Phi) is 7.76. The first-order valence-electron chi connectivity index (χ1n) is 8.95. The lowest BCUT2D eigenvalue weighted by molar-refractivity contribution is -0.130.